The fourth-order valence-electron chi connectivity index (χ4n) is 1.48. The van der Waals surface area contributed by atoms with Crippen LogP contribution in [0.25, 0.3) is 0 Å². The first-order valence-electron chi connectivity index (χ1n) is 3.82. The van der Waals surface area contributed by atoms with Crippen LogP contribution in [0, 0.1) is 5.92 Å². The van der Waals surface area contributed by atoms with E-state index in [0.29, 0.717) is 5.76 Å². The lowest BCUT2D eigenvalue weighted by atomic mass is 9.87. The smallest absolute Gasteiger partial charge is 0.1000 e. The Morgan fingerprint density at radius 1 is 1.27 bits per heavy atom. The summed E-state index contributed by atoms with van der Waals surface area (Å²) in [6.45, 7) is 0. The van der Waals surface area contributed by atoms with Gasteiger partial charge in [0.05, 0.1) is 5.76 Å². The Morgan fingerprint density at radius 3 is 3.00 bits per heavy atom. The van der Waals surface area contributed by atoms with Gasteiger partial charge < -0.3 is 5.11 Å². The van der Waals surface area contributed by atoms with Crippen LogP contribution < -0.4 is 0 Å². The number of fused-ring (bicyclic) bond motifs is 1. The Hall–Kier alpha value is -1.24. The van der Waals surface area contributed by atoms with Crippen LogP contribution in [0.3, 0.4) is 0 Å². The molecule has 0 amide bonds. The van der Waals surface area contributed by atoms with Gasteiger partial charge in [-0.25, -0.2) is 0 Å². The van der Waals surface area contributed by atoms with Crippen LogP contribution in [-0.2, 0) is 0 Å². The van der Waals surface area contributed by atoms with Gasteiger partial charge in [0.1, 0.15) is 0 Å². The summed E-state index contributed by atoms with van der Waals surface area (Å²) in [5, 5.41) is 9.44. The van der Waals surface area contributed by atoms with Crippen molar-refractivity contribution in [2.75, 3.05) is 0 Å². The second kappa shape index (κ2) is 2.42. The summed E-state index contributed by atoms with van der Waals surface area (Å²) in [5.41, 5.74) is 1.22. The van der Waals surface area contributed by atoms with Crippen molar-refractivity contribution in [2.24, 2.45) is 5.92 Å². The SMILES string of the molecule is OC1=CC=CC2=CC=CCC12. The van der Waals surface area contributed by atoms with E-state index in [1.165, 1.54) is 5.57 Å². The maximum Gasteiger partial charge on any atom is 0.1000 e. The fraction of sp³-hybridized carbons (Fsp3) is 0.200. The molecule has 0 aliphatic heterocycles. The Bertz CT molecular complexity index is 279. The van der Waals surface area contributed by atoms with E-state index in [1.807, 2.05) is 24.3 Å². The molecule has 0 bridgehead atoms. The van der Waals surface area contributed by atoms with E-state index in [0.717, 1.165) is 6.42 Å². The van der Waals surface area contributed by atoms with Crippen LogP contribution in [0.2, 0.25) is 0 Å². The van der Waals surface area contributed by atoms with Crippen LogP contribution in [0.1, 0.15) is 6.42 Å². The van der Waals surface area contributed by atoms with Gasteiger partial charge in [-0.05, 0) is 18.1 Å². The second-order valence-electron chi connectivity index (χ2n) is 2.83. The predicted molar refractivity (Wildman–Crippen MR) is 45.2 cm³/mol. The summed E-state index contributed by atoms with van der Waals surface area (Å²) in [4.78, 5) is 0. The molecular weight excluding hydrogens is 136 g/mol. The first-order chi connectivity index (χ1) is 5.38. The van der Waals surface area contributed by atoms with Crippen molar-refractivity contribution in [2.45, 2.75) is 6.42 Å². The first-order valence-corrected chi connectivity index (χ1v) is 3.82. The van der Waals surface area contributed by atoms with E-state index in [2.05, 4.69) is 6.08 Å². The normalized spacial score (nSPS) is 27.5. The Morgan fingerprint density at radius 2 is 2.18 bits per heavy atom. The molecule has 0 heterocycles. The van der Waals surface area contributed by atoms with Gasteiger partial charge in [-0.3, -0.25) is 0 Å². The van der Waals surface area contributed by atoms with E-state index in [-0.39, 0.29) is 5.92 Å². The first kappa shape index (κ1) is 6.47. The summed E-state index contributed by atoms with van der Waals surface area (Å²) in [6, 6.07) is 0. The number of allylic oxidation sites excluding steroid dienone is 7. The van der Waals surface area contributed by atoms with Crippen molar-refractivity contribution < 1.29 is 5.11 Å². The Balaban J connectivity index is 2.37. The molecule has 0 aromatic rings. The van der Waals surface area contributed by atoms with Gasteiger partial charge in [0, 0.05) is 5.92 Å². The third-order valence-corrected chi connectivity index (χ3v) is 2.11. The minimum Gasteiger partial charge on any atom is -0.512 e. The Kier molecular flexibility index (Phi) is 1.42. The molecular formula is C10H10O. The van der Waals surface area contributed by atoms with Crippen molar-refractivity contribution in [3.8, 4) is 0 Å². The minimum absolute atomic E-state index is 0.227. The van der Waals surface area contributed by atoms with Crippen LogP contribution in [0.15, 0.2) is 47.8 Å². The summed E-state index contributed by atoms with van der Waals surface area (Å²) in [7, 11) is 0. The van der Waals surface area contributed by atoms with E-state index in [9.17, 15) is 5.11 Å². The third kappa shape index (κ3) is 1.03. The molecule has 0 aromatic carbocycles. The predicted octanol–water partition coefficient (Wildman–Crippen LogP) is 2.50. The summed E-state index contributed by atoms with van der Waals surface area (Å²) < 4.78 is 0. The summed E-state index contributed by atoms with van der Waals surface area (Å²) in [5.74, 6) is 0.716. The number of hydrogen-bond donors (Lipinski definition) is 1. The van der Waals surface area contributed by atoms with Crippen LogP contribution in [0.4, 0.5) is 0 Å². The molecule has 0 spiro atoms. The van der Waals surface area contributed by atoms with Crippen LogP contribution in [0.5, 0.6) is 0 Å². The quantitative estimate of drug-likeness (QED) is 0.556. The van der Waals surface area contributed by atoms with Crippen molar-refractivity contribution >= 4 is 0 Å². The van der Waals surface area contributed by atoms with Crippen molar-refractivity contribution in [1.29, 1.82) is 0 Å². The van der Waals surface area contributed by atoms with E-state index in [4.69, 9.17) is 0 Å². The molecule has 1 nitrogen and oxygen atoms in total. The van der Waals surface area contributed by atoms with Gasteiger partial charge in [0.15, 0.2) is 0 Å². The highest BCUT2D eigenvalue weighted by Gasteiger charge is 2.18. The molecule has 2 aliphatic carbocycles. The largest absolute Gasteiger partial charge is 0.512 e. The molecule has 56 valence electrons. The number of hydrogen-bond acceptors (Lipinski definition) is 1. The van der Waals surface area contributed by atoms with E-state index in [1.54, 1.807) is 6.08 Å². The molecule has 1 unspecified atom stereocenters. The molecule has 1 N–H and O–H groups in total. The summed E-state index contributed by atoms with van der Waals surface area (Å²) >= 11 is 0. The maximum atomic E-state index is 9.44. The highest BCUT2D eigenvalue weighted by Crippen LogP contribution is 2.29. The molecule has 0 aromatic heterocycles. The minimum atomic E-state index is 0.227. The molecule has 0 saturated heterocycles. The van der Waals surface area contributed by atoms with Gasteiger partial charge in [0.25, 0.3) is 0 Å². The lowest BCUT2D eigenvalue weighted by Crippen LogP contribution is -2.09. The van der Waals surface area contributed by atoms with Crippen molar-refractivity contribution in [1.82, 2.24) is 0 Å². The highest BCUT2D eigenvalue weighted by atomic mass is 16.3. The number of rotatable bonds is 0. The highest BCUT2D eigenvalue weighted by molar-refractivity contribution is 5.40. The molecule has 0 radical (unpaired) electrons. The van der Waals surface area contributed by atoms with Gasteiger partial charge >= 0.3 is 0 Å². The second-order valence-corrected chi connectivity index (χ2v) is 2.83. The van der Waals surface area contributed by atoms with Crippen molar-refractivity contribution in [3.63, 3.8) is 0 Å². The standard InChI is InChI=1S/C10H10O/c11-10-7-3-5-8-4-1-2-6-9(8)10/h1-5,7,9,11H,6H2. The zero-order chi connectivity index (χ0) is 7.68. The van der Waals surface area contributed by atoms with E-state index < -0.39 is 0 Å². The topological polar surface area (TPSA) is 20.2 Å². The lowest BCUT2D eigenvalue weighted by molar-refractivity contribution is 0.349. The van der Waals surface area contributed by atoms with E-state index >= 15 is 0 Å². The number of aliphatic hydroxyl groups excluding tert-OH is 1. The average Bonchev–Trinajstić information content (AvgIpc) is 2.06. The fourth-order valence-corrected chi connectivity index (χ4v) is 1.48. The molecule has 1 atom stereocenters. The zero-order valence-corrected chi connectivity index (χ0v) is 6.20. The maximum absolute atomic E-state index is 9.44. The molecule has 2 aliphatic rings. The number of aliphatic hydroxyl groups is 1. The molecule has 1 heteroatoms. The van der Waals surface area contributed by atoms with Gasteiger partial charge in [-0.1, -0.05) is 30.4 Å². The molecule has 0 saturated carbocycles. The average molecular weight is 146 g/mol. The van der Waals surface area contributed by atoms with Crippen LogP contribution >= 0.6 is 0 Å². The lowest BCUT2D eigenvalue weighted by Gasteiger charge is -2.20. The molecule has 2 rings (SSSR count). The van der Waals surface area contributed by atoms with Gasteiger partial charge in [-0.2, -0.15) is 0 Å². The monoisotopic (exact) mass is 146 g/mol. The van der Waals surface area contributed by atoms with Gasteiger partial charge in [0.2, 0.25) is 0 Å². The zero-order valence-electron chi connectivity index (χ0n) is 6.20. The Labute approximate surface area is 66.0 Å². The van der Waals surface area contributed by atoms with Gasteiger partial charge in [-0.15, -0.1) is 0 Å². The summed E-state index contributed by atoms with van der Waals surface area (Å²) in [6.07, 6.45) is 12.8. The third-order valence-electron chi connectivity index (χ3n) is 2.11. The van der Waals surface area contributed by atoms with Crippen LogP contribution in [-0.4, -0.2) is 5.11 Å². The molecule has 11 heavy (non-hydrogen) atoms. The molecule has 0 fully saturated rings. The van der Waals surface area contributed by atoms with Crippen molar-refractivity contribution in [3.05, 3.63) is 47.8 Å².